The summed E-state index contributed by atoms with van der Waals surface area (Å²) in [5.74, 6) is -2.66. The molecule has 0 aliphatic heterocycles. The standard InChI is InChI=1S/2C25H32N2O4.C24H30N2O4.C15H20N2O4.C8H7ClN2O4/c1-3-31-25(29)20-13-14-22(27-21-7-5-4-6-8-21)23(16-20)26-17-19-11-9-18(10-12-19)15-24(28)30-2;1-3-30-24(28)19-12-10-18(11-13-19)17-26-23-16-20(25(29)31-4-2)14-15-22(23)27-21-8-6-5-7-9-21;1-3-30-24(28)19-13-14-21(26-20-7-5-4-6-8-20)22(15-19)25-16-17-9-11-18(12-10-17)23(27)29-2;1-2-21-15(18)12-9-14(17(19)20)13(16-10-12)8-11-6-4-3-5-7-11;1-2-15-8(12)5-3-6(11(13)14)7(9)10-4-5/h9-14,16,21,26-27H,3-8,15,17H2,1-2H3;10-16,21,26-27H,3-9,17H2,1-2H3;9-15,20,25-26H,3-8,16H2,1-2H3;9-11H,2-8H2,1H3;3-4H,2H2,1H3. The molecule has 6 N–H and O–H groups in total. The molecular formula is C97H121ClN10O20. The Kier molecular flexibility index (Phi) is 42.7. The third-order valence-electron chi connectivity index (χ3n) is 21.8. The Morgan fingerprint density at radius 2 is 0.648 bits per heavy atom. The smallest absolute Gasteiger partial charge is 0.339 e. The zero-order valence-electron chi connectivity index (χ0n) is 74.5. The number of aromatic nitrogens is 2. The lowest BCUT2D eigenvalue weighted by Crippen LogP contribution is -2.23. The van der Waals surface area contributed by atoms with Crippen LogP contribution in [0.3, 0.4) is 0 Å². The van der Waals surface area contributed by atoms with E-state index in [9.17, 15) is 58.6 Å². The first-order valence-electron chi connectivity index (χ1n) is 44.3. The molecule has 0 spiro atoms. The molecule has 0 atom stereocenters. The van der Waals surface area contributed by atoms with Crippen LogP contribution in [0.2, 0.25) is 5.15 Å². The lowest BCUT2D eigenvalue weighted by molar-refractivity contribution is -0.386. The van der Waals surface area contributed by atoms with Crippen molar-refractivity contribution in [2.24, 2.45) is 5.92 Å². The van der Waals surface area contributed by atoms with Gasteiger partial charge in [-0.05, 0) is 194 Å². The number of carbonyl (C=O) groups is 8. The Balaban J connectivity index is 0.000000202. The molecule has 4 aliphatic carbocycles. The van der Waals surface area contributed by atoms with Gasteiger partial charge >= 0.3 is 53.4 Å². The van der Waals surface area contributed by atoms with Crippen molar-refractivity contribution < 1.29 is 86.1 Å². The maximum atomic E-state index is 12.2. The maximum absolute atomic E-state index is 12.2. The van der Waals surface area contributed by atoms with Crippen molar-refractivity contribution in [1.29, 1.82) is 0 Å². The van der Waals surface area contributed by atoms with E-state index >= 15 is 0 Å². The highest BCUT2D eigenvalue weighted by atomic mass is 35.5. The number of nitrogens with zero attached hydrogens (tertiary/aromatic N) is 4. The van der Waals surface area contributed by atoms with E-state index in [2.05, 4.69) is 46.6 Å². The van der Waals surface area contributed by atoms with Gasteiger partial charge in [0.15, 0.2) is 0 Å². The van der Waals surface area contributed by atoms with Crippen molar-refractivity contribution >= 4 is 105 Å². The Labute approximate surface area is 753 Å². The average Bonchev–Trinajstić information content (AvgIpc) is 0.839. The summed E-state index contributed by atoms with van der Waals surface area (Å²) in [4.78, 5) is 123. The lowest BCUT2D eigenvalue weighted by Gasteiger charge is -2.25. The van der Waals surface area contributed by atoms with Gasteiger partial charge in [-0.15, -0.1) is 0 Å². The molecule has 0 amide bonds. The van der Waals surface area contributed by atoms with Gasteiger partial charge in [0.05, 0.1) is 143 Å². The minimum Gasteiger partial charge on any atom is -0.469 e. The molecule has 0 radical (unpaired) electrons. The molecule has 30 nitrogen and oxygen atoms in total. The molecule has 0 unspecified atom stereocenters. The summed E-state index contributed by atoms with van der Waals surface area (Å²) in [7, 11) is 2.76. The summed E-state index contributed by atoms with van der Waals surface area (Å²) in [6, 6.07) is 43.0. The summed E-state index contributed by atoms with van der Waals surface area (Å²) in [6.07, 6.45) is 27.5. The summed E-state index contributed by atoms with van der Waals surface area (Å²) in [5, 5.41) is 42.7. The van der Waals surface area contributed by atoms with E-state index < -0.39 is 27.5 Å². The van der Waals surface area contributed by atoms with E-state index in [-0.39, 0.29) is 77.4 Å². The van der Waals surface area contributed by atoms with Gasteiger partial charge in [0.25, 0.3) is 5.69 Å². The van der Waals surface area contributed by atoms with E-state index in [0.717, 1.165) is 107 Å². The number of hydrogen-bond acceptors (Lipinski definition) is 28. The van der Waals surface area contributed by atoms with Gasteiger partial charge in [0.1, 0.15) is 5.69 Å². The molecule has 4 saturated carbocycles. The van der Waals surface area contributed by atoms with Gasteiger partial charge in [0.2, 0.25) is 5.15 Å². The van der Waals surface area contributed by atoms with Crippen LogP contribution in [0.5, 0.6) is 0 Å². The predicted octanol–water partition coefficient (Wildman–Crippen LogP) is 20.4. The number of rotatable bonds is 34. The number of anilines is 6. The normalized spacial score (nSPS) is 13.8. The van der Waals surface area contributed by atoms with Crippen molar-refractivity contribution in [3.63, 3.8) is 0 Å². The topological polar surface area (TPSA) is 395 Å². The zero-order valence-corrected chi connectivity index (χ0v) is 75.3. The second kappa shape index (κ2) is 54.3. The van der Waals surface area contributed by atoms with Crippen LogP contribution in [-0.4, -0.2) is 140 Å². The van der Waals surface area contributed by atoms with Crippen molar-refractivity contribution in [3.05, 3.63) is 244 Å². The van der Waals surface area contributed by atoms with Gasteiger partial charge < -0.3 is 69.8 Å². The first-order chi connectivity index (χ1) is 62.0. The van der Waals surface area contributed by atoms with E-state index in [4.69, 9.17) is 44.8 Å². The highest BCUT2D eigenvalue weighted by Crippen LogP contribution is 2.35. The predicted molar refractivity (Wildman–Crippen MR) is 492 cm³/mol. The van der Waals surface area contributed by atoms with Crippen LogP contribution < -0.4 is 31.9 Å². The van der Waals surface area contributed by atoms with Gasteiger partial charge in [0, 0.05) is 62.3 Å². The third kappa shape index (κ3) is 33.2. The van der Waals surface area contributed by atoms with Gasteiger partial charge in [-0.1, -0.05) is 150 Å². The molecule has 6 aromatic carbocycles. The number of halogens is 1. The summed E-state index contributed by atoms with van der Waals surface area (Å²) < 4.78 is 39.5. The largest absolute Gasteiger partial charge is 0.469 e. The number of esters is 8. The minimum atomic E-state index is -0.710. The molecule has 2 aromatic heterocycles. The van der Waals surface area contributed by atoms with Crippen molar-refractivity contribution in [2.75, 3.05) is 85.8 Å². The molecule has 4 fully saturated rings. The number of benzene rings is 6. The van der Waals surface area contributed by atoms with Crippen molar-refractivity contribution in [1.82, 2.24) is 9.97 Å². The molecule has 128 heavy (non-hydrogen) atoms. The zero-order chi connectivity index (χ0) is 92.1. The lowest BCUT2D eigenvalue weighted by atomic mass is 9.86. The average molecular weight is 1780 g/mol. The number of pyridine rings is 2. The molecule has 686 valence electrons. The fraction of sp³-hybridized carbons (Fsp3) is 0.443. The van der Waals surface area contributed by atoms with Gasteiger partial charge in [-0.3, -0.25) is 30.0 Å². The molecule has 12 rings (SSSR count). The quantitative estimate of drug-likeness (QED) is 0.00717. The SMILES string of the molecule is CCOC(=O)c1ccc(CNc2cc(C(=O)OCC)ccc2NC2CCCCC2)cc1.CCOC(=O)c1ccc(NC2CCCCC2)c(NCc2ccc(C(=O)OC)cc2)c1.CCOC(=O)c1ccc(NC2CCCCC2)c(NCc2ccc(CC(=O)OC)cc2)c1.CCOC(=O)c1cnc(CC2CCCCC2)c([N+](=O)[O-])c1.CCOC(=O)c1cnc(Cl)c([N+](=O)[O-])c1. The van der Waals surface area contributed by atoms with Crippen molar-refractivity contribution in [2.45, 2.75) is 221 Å². The van der Waals surface area contributed by atoms with Crippen LogP contribution in [-0.2, 0) is 75.2 Å². The Morgan fingerprint density at radius 1 is 0.352 bits per heavy atom. The highest BCUT2D eigenvalue weighted by molar-refractivity contribution is 6.31. The van der Waals surface area contributed by atoms with E-state index in [0.29, 0.717) is 110 Å². The number of carbonyl (C=O) groups excluding carboxylic acids is 8. The van der Waals surface area contributed by atoms with E-state index in [1.807, 2.05) is 97.1 Å². The van der Waals surface area contributed by atoms with Gasteiger partial charge in [-0.25, -0.2) is 38.5 Å². The number of nitro groups is 2. The summed E-state index contributed by atoms with van der Waals surface area (Å²) in [6.45, 7) is 14.1. The second-order valence-electron chi connectivity index (χ2n) is 31.0. The van der Waals surface area contributed by atoms with Crippen LogP contribution in [0.4, 0.5) is 45.5 Å². The first kappa shape index (κ1) is 101. The van der Waals surface area contributed by atoms with Crippen LogP contribution in [0.1, 0.15) is 270 Å². The number of methoxy groups -OCH3 is 2. The second-order valence-corrected chi connectivity index (χ2v) is 31.4. The molecular weight excluding hydrogens is 1660 g/mol. The number of nitrogens with one attached hydrogen (secondary N) is 6. The number of ether oxygens (including phenoxy) is 8. The molecule has 31 heteroatoms. The monoisotopic (exact) mass is 1780 g/mol. The highest BCUT2D eigenvalue weighted by Gasteiger charge is 2.27. The Hall–Kier alpha value is -12.7. The van der Waals surface area contributed by atoms with E-state index in [1.165, 1.54) is 116 Å². The Bertz CT molecular complexity index is 4940. The van der Waals surface area contributed by atoms with Crippen molar-refractivity contribution in [3.8, 4) is 0 Å². The first-order valence-corrected chi connectivity index (χ1v) is 44.6. The summed E-state index contributed by atoms with van der Waals surface area (Å²) >= 11 is 5.47. The van der Waals surface area contributed by atoms with Gasteiger partial charge in [-0.2, -0.15) is 0 Å². The molecule has 8 aromatic rings. The molecule has 0 saturated heterocycles. The minimum absolute atomic E-state index is 0.00736. The fourth-order valence-electron chi connectivity index (χ4n) is 15.0. The molecule has 0 bridgehead atoms. The number of hydrogen-bond donors (Lipinski definition) is 6. The van der Waals surface area contributed by atoms with Crippen LogP contribution in [0.15, 0.2) is 152 Å². The molecule has 4 aliphatic rings. The Morgan fingerprint density at radius 3 is 0.984 bits per heavy atom. The van der Waals surface area contributed by atoms with Crippen LogP contribution >= 0.6 is 11.6 Å². The fourth-order valence-corrected chi connectivity index (χ4v) is 15.2. The summed E-state index contributed by atoms with van der Waals surface area (Å²) in [5.41, 5.74) is 12.4. The molecule has 2 heterocycles. The third-order valence-corrected chi connectivity index (χ3v) is 22.1. The van der Waals surface area contributed by atoms with E-state index in [1.54, 1.807) is 71.9 Å². The maximum Gasteiger partial charge on any atom is 0.339 e. The van der Waals surface area contributed by atoms with Crippen LogP contribution in [0, 0.1) is 26.1 Å². The van der Waals surface area contributed by atoms with Crippen LogP contribution in [0.25, 0.3) is 0 Å².